The van der Waals surface area contributed by atoms with Gasteiger partial charge in [0.25, 0.3) is 0 Å². The van der Waals surface area contributed by atoms with Crippen molar-refractivity contribution in [3.05, 3.63) is 75.4 Å². The van der Waals surface area contributed by atoms with Crippen molar-refractivity contribution in [1.82, 2.24) is 9.78 Å². The molecule has 2 aromatic carbocycles. The fourth-order valence-corrected chi connectivity index (χ4v) is 4.98. The molecule has 0 aliphatic heterocycles. The lowest BCUT2D eigenvalue weighted by molar-refractivity contribution is -0.132. The van der Waals surface area contributed by atoms with Gasteiger partial charge >= 0.3 is 11.9 Å². The molecule has 8 heteroatoms. The largest absolute Gasteiger partial charge is 0.489 e. The molecule has 1 aliphatic carbocycles. The third kappa shape index (κ3) is 7.60. The number of aliphatic carboxylic acids is 1. The standard InChI is InChI=1S/C31H35BrN2O5/c1-20(29(35)36)16-24-18-28(34(33-24)25-8-6-5-7-9-25)21-10-13-26(14-11-21)38-19-23-17-22(12-15-27(23)32)30(37)39-31(2,3)4/h10-18,25H,5-9,19H2,1-4H3,(H,35,36)/b20-16+. The van der Waals surface area contributed by atoms with Crippen molar-refractivity contribution in [3.8, 4) is 17.0 Å². The highest BCUT2D eigenvalue weighted by atomic mass is 79.9. The molecule has 1 aromatic heterocycles. The number of ether oxygens (including phenoxy) is 2. The number of nitrogens with zero attached hydrogens (tertiary/aromatic N) is 2. The molecule has 4 rings (SSSR count). The molecular formula is C31H35BrN2O5. The van der Waals surface area contributed by atoms with Crippen LogP contribution < -0.4 is 4.74 Å². The second kappa shape index (κ2) is 12.2. The smallest absolute Gasteiger partial charge is 0.338 e. The van der Waals surface area contributed by atoms with E-state index in [0.29, 0.717) is 23.0 Å². The molecule has 0 unspecified atom stereocenters. The molecule has 1 N–H and O–H groups in total. The van der Waals surface area contributed by atoms with Gasteiger partial charge in [0.1, 0.15) is 18.0 Å². The van der Waals surface area contributed by atoms with Crippen molar-refractivity contribution in [2.45, 2.75) is 78.0 Å². The molecule has 0 saturated heterocycles. The Bertz CT molecular complexity index is 1360. The Morgan fingerprint density at radius 2 is 1.77 bits per heavy atom. The van der Waals surface area contributed by atoms with Crippen molar-refractivity contribution in [2.75, 3.05) is 0 Å². The average molecular weight is 596 g/mol. The van der Waals surface area contributed by atoms with E-state index in [1.165, 1.54) is 19.3 Å². The third-order valence-electron chi connectivity index (χ3n) is 6.60. The van der Waals surface area contributed by atoms with Gasteiger partial charge in [0, 0.05) is 21.2 Å². The zero-order valence-corrected chi connectivity index (χ0v) is 24.5. The Balaban J connectivity index is 1.52. The minimum Gasteiger partial charge on any atom is -0.489 e. The van der Waals surface area contributed by atoms with Crippen LogP contribution in [0.2, 0.25) is 0 Å². The molecule has 1 saturated carbocycles. The van der Waals surface area contributed by atoms with E-state index >= 15 is 0 Å². The minimum atomic E-state index is -0.950. The van der Waals surface area contributed by atoms with E-state index < -0.39 is 11.6 Å². The highest BCUT2D eigenvalue weighted by molar-refractivity contribution is 9.10. The third-order valence-corrected chi connectivity index (χ3v) is 7.38. The Morgan fingerprint density at radius 1 is 1.08 bits per heavy atom. The normalized spacial score (nSPS) is 14.7. The second-order valence-corrected chi connectivity index (χ2v) is 11.8. The number of esters is 1. The van der Waals surface area contributed by atoms with Gasteiger partial charge < -0.3 is 14.6 Å². The van der Waals surface area contributed by atoms with E-state index in [2.05, 4.69) is 20.6 Å². The number of benzene rings is 2. The maximum Gasteiger partial charge on any atom is 0.338 e. The first-order chi connectivity index (χ1) is 18.5. The molecule has 1 fully saturated rings. The number of rotatable bonds is 8. The molecule has 206 valence electrons. The van der Waals surface area contributed by atoms with Crippen LogP contribution in [0.15, 0.2) is 58.6 Å². The summed E-state index contributed by atoms with van der Waals surface area (Å²) in [7, 11) is 0. The summed E-state index contributed by atoms with van der Waals surface area (Å²) in [5, 5.41) is 14.1. The minimum absolute atomic E-state index is 0.250. The molecule has 1 heterocycles. The second-order valence-electron chi connectivity index (χ2n) is 10.9. The quantitative estimate of drug-likeness (QED) is 0.211. The van der Waals surface area contributed by atoms with Crippen LogP contribution in [0.4, 0.5) is 0 Å². The van der Waals surface area contributed by atoms with E-state index in [1.54, 1.807) is 25.1 Å². The van der Waals surface area contributed by atoms with E-state index in [1.807, 2.05) is 57.2 Å². The van der Waals surface area contributed by atoms with Crippen molar-refractivity contribution in [1.29, 1.82) is 0 Å². The molecule has 3 aromatic rings. The van der Waals surface area contributed by atoms with Crippen molar-refractivity contribution in [3.63, 3.8) is 0 Å². The van der Waals surface area contributed by atoms with Crippen LogP contribution in [0.25, 0.3) is 17.3 Å². The Morgan fingerprint density at radius 3 is 2.41 bits per heavy atom. The fraction of sp³-hybridized carbons (Fsp3) is 0.387. The first-order valence-corrected chi connectivity index (χ1v) is 14.1. The van der Waals surface area contributed by atoms with Gasteiger partial charge in [0.15, 0.2) is 0 Å². The predicted octanol–water partition coefficient (Wildman–Crippen LogP) is 7.84. The van der Waals surface area contributed by atoms with Crippen LogP contribution in [0, 0.1) is 0 Å². The number of carboxylic acid groups (broad SMARTS) is 1. The maximum atomic E-state index is 12.5. The number of aromatic nitrogens is 2. The lowest BCUT2D eigenvalue weighted by Gasteiger charge is -2.24. The predicted molar refractivity (Wildman–Crippen MR) is 155 cm³/mol. The van der Waals surface area contributed by atoms with Gasteiger partial charge in [-0.05, 0) is 95.1 Å². The molecule has 0 amide bonds. The zero-order chi connectivity index (χ0) is 28.2. The van der Waals surface area contributed by atoms with Crippen molar-refractivity contribution < 1.29 is 24.2 Å². The van der Waals surface area contributed by atoms with Crippen LogP contribution in [-0.4, -0.2) is 32.4 Å². The van der Waals surface area contributed by atoms with Crippen molar-refractivity contribution >= 4 is 33.9 Å². The summed E-state index contributed by atoms with van der Waals surface area (Å²) in [5.41, 5.74) is 3.59. The highest BCUT2D eigenvalue weighted by Crippen LogP contribution is 2.34. The number of hydrogen-bond donors (Lipinski definition) is 1. The summed E-state index contributed by atoms with van der Waals surface area (Å²) in [6, 6.07) is 15.4. The van der Waals surface area contributed by atoms with Crippen LogP contribution in [0.1, 0.15) is 87.5 Å². The molecular weight excluding hydrogens is 560 g/mol. The van der Waals surface area contributed by atoms with E-state index in [0.717, 1.165) is 34.1 Å². The van der Waals surface area contributed by atoms with Gasteiger partial charge in [-0.25, -0.2) is 9.59 Å². The maximum absolute atomic E-state index is 12.5. The van der Waals surface area contributed by atoms with Gasteiger partial charge in [-0.15, -0.1) is 0 Å². The number of carbonyl (C=O) groups is 2. The summed E-state index contributed by atoms with van der Waals surface area (Å²) in [4.78, 5) is 23.8. The summed E-state index contributed by atoms with van der Waals surface area (Å²) >= 11 is 3.55. The molecule has 0 atom stereocenters. The van der Waals surface area contributed by atoms with Gasteiger partial charge in [0.05, 0.1) is 23.0 Å². The average Bonchev–Trinajstić information content (AvgIpc) is 3.31. The molecule has 7 nitrogen and oxygen atoms in total. The summed E-state index contributed by atoms with van der Waals surface area (Å²) in [5.74, 6) is -0.629. The number of halogens is 1. The lowest BCUT2D eigenvalue weighted by Crippen LogP contribution is -2.24. The monoisotopic (exact) mass is 594 g/mol. The number of hydrogen-bond acceptors (Lipinski definition) is 5. The van der Waals surface area contributed by atoms with E-state index in [9.17, 15) is 14.7 Å². The van der Waals surface area contributed by atoms with Gasteiger partial charge in [-0.2, -0.15) is 5.10 Å². The first kappa shape index (κ1) is 28.6. The highest BCUT2D eigenvalue weighted by Gasteiger charge is 2.21. The number of carboxylic acids is 1. The summed E-state index contributed by atoms with van der Waals surface area (Å²) in [6.07, 6.45) is 7.32. The zero-order valence-electron chi connectivity index (χ0n) is 22.9. The molecule has 1 aliphatic rings. The Labute approximate surface area is 238 Å². The van der Waals surface area contributed by atoms with Crippen LogP contribution in [0.3, 0.4) is 0 Å². The SMILES string of the molecule is C/C(=C\c1cc(-c2ccc(OCc3cc(C(=O)OC(C)(C)C)ccc3Br)cc2)n(C2CCCCC2)n1)C(=O)O. The van der Waals surface area contributed by atoms with Gasteiger partial charge in [-0.3, -0.25) is 4.68 Å². The number of carbonyl (C=O) groups excluding carboxylic acids is 1. The molecule has 0 radical (unpaired) electrons. The lowest BCUT2D eigenvalue weighted by atomic mass is 9.95. The first-order valence-electron chi connectivity index (χ1n) is 13.3. The van der Waals surface area contributed by atoms with Crippen LogP contribution in [0.5, 0.6) is 5.75 Å². The summed E-state index contributed by atoms with van der Waals surface area (Å²) < 4.78 is 14.5. The van der Waals surface area contributed by atoms with Crippen LogP contribution >= 0.6 is 15.9 Å². The fourth-order valence-electron chi connectivity index (χ4n) is 4.62. The van der Waals surface area contributed by atoms with E-state index in [4.69, 9.17) is 14.6 Å². The molecule has 0 bridgehead atoms. The van der Waals surface area contributed by atoms with Crippen LogP contribution in [-0.2, 0) is 16.1 Å². The van der Waals surface area contributed by atoms with Crippen molar-refractivity contribution in [2.24, 2.45) is 0 Å². The molecule has 39 heavy (non-hydrogen) atoms. The van der Waals surface area contributed by atoms with E-state index in [-0.39, 0.29) is 18.1 Å². The summed E-state index contributed by atoms with van der Waals surface area (Å²) in [6.45, 7) is 7.38. The van der Waals surface area contributed by atoms with Gasteiger partial charge in [0.2, 0.25) is 0 Å². The Hall–Kier alpha value is -3.39. The topological polar surface area (TPSA) is 90.7 Å². The molecule has 0 spiro atoms. The Kier molecular flexibility index (Phi) is 8.95. The van der Waals surface area contributed by atoms with Gasteiger partial charge in [-0.1, -0.05) is 35.2 Å².